The van der Waals surface area contributed by atoms with Gasteiger partial charge < -0.3 is 5.32 Å². The Morgan fingerprint density at radius 3 is 2.87 bits per heavy atom. The summed E-state index contributed by atoms with van der Waals surface area (Å²) in [6, 6.07) is 2.46. The molecule has 0 spiro atoms. The van der Waals surface area contributed by atoms with Gasteiger partial charge >= 0.3 is 0 Å². The molecule has 1 saturated heterocycles. The Balaban J connectivity index is 2.89. The van der Waals surface area contributed by atoms with Crippen LogP contribution in [0.25, 0.3) is 0 Å². The molecule has 0 bridgehead atoms. The first-order valence-corrected chi connectivity index (χ1v) is 5.50. The molecule has 1 aliphatic rings. The third-order valence-corrected chi connectivity index (χ3v) is 2.91. The van der Waals surface area contributed by atoms with Gasteiger partial charge in [0.2, 0.25) is 5.91 Å². The zero-order chi connectivity index (χ0) is 11.4. The van der Waals surface area contributed by atoms with Crippen molar-refractivity contribution in [2.45, 2.75) is 51.7 Å². The molecular formula is C11H19N3O. The number of hydrogen-bond donors (Lipinski definition) is 1. The number of nitriles is 1. The zero-order valence-electron chi connectivity index (χ0n) is 9.66. The molecule has 0 radical (unpaired) electrons. The van der Waals surface area contributed by atoms with Crippen molar-refractivity contribution >= 4 is 5.91 Å². The van der Waals surface area contributed by atoms with Gasteiger partial charge in [-0.2, -0.15) is 5.26 Å². The number of rotatable bonds is 2. The van der Waals surface area contributed by atoms with Crippen LogP contribution in [0.3, 0.4) is 0 Å². The van der Waals surface area contributed by atoms with E-state index >= 15 is 0 Å². The van der Waals surface area contributed by atoms with E-state index in [1.807, 2.05) is 0 Å². The van der Waals surface area contributed by atoms with Gasteiger partial charge in [0.1, 0.15) is 6.04 Å². The molecule has 0 aromatic rings. The molecular weight excluding hydrogens is 190 g/mol. The highest BCUT2D eigenvalue weighted by Crippen LogP contribution is 2.18. The van der Waals surface area contributed by atoms with Crippen LogP contribution in [-0.4, -0.2) is 35.5 Å². The highest BCUT2D eigenvalue weighted by molar-refractivity contribution is 5.82. The van der Waals surface area contributed by atoms with Crippen LogP contribution < -0.4 is 5.32 Å². The summed E-state index contributed by atoms with van der Waals surface area (Å²) in [6.07, 6.45) is 1.22. The van der Waals surface area contributed by atoms with Gasteiger partial charge in [0.25, 0.3) is 0 Å². The van der Waals surface area contributed by atoms with Gasteiger partial charge in [-0.05, 0) is 27.2 Å². The van der Waals surface area contributed by atoms with Crippen molar-refractivity contribution in [2.75, 3.05) is 6.54 Å². The Labute approximate surface area is 91.2 Å². The molecule has 0 aromatic carbocycles. The predicted octanol–water partition coefficient (Wildman–Crippen LogP) is 0.887. The van der Waals surface area contributed by atoms with Gasteiger partial charge in [0.15, 0.2) is 0 Å². The number of nitrogens with zero attached hydrogens (tertiary/aromatic N) is 2. The summed E-state index contributed by atoms with van der Waals surface area (Å²) in [6.45, 7) is 6.97. The minimum atomic E-state index is -0.285. The van der Waals surface area contributed by atoms with E-state index in [0.29, 0.717) is 18.6 Å². The van der Waals surface area contributed by atoms with Crippen molar-refractivity contribution in [1.29, 1.82) is 5.26 Å². The normalized spacial score (nSPS) is 28.3. The lowest BCUT2D eigenvalue weighted by molar-refractivity contribution is -0.126. The van der Waals surface area contributed by atoms with E-state index < -0.39 is 0 Å². The number of carbonyl (C=O) groups excluding carboxylic acids is 1. The van der Waals surface area contributed by atoms with Crippen molar-refractivity contribution < 1.29 is 4.79 Å². The molecule has 1 rings (SSSR count). The Bertz CT molecular complexity index is 269. The Hall–Kier alpha value is -1.08. The molecule has 2 atom stereocenters. The van der Waals surface area contributed by atoms with E-state index in [1.54, 1.807) is 0 Å². The van der Waals surface area contributed by atoms with Crippen molar-refractivity contribution in [3.8, 4) is 6.07 Å². The summed E-state index contributed by atoms with van der Waals surface area (Å²) in [5.41, 5.74) is 0. The van der Waals surface area contributed by atoms with E-state index in [2.05, 4.69) is 37.1 Å². The first-order chi connectivity index (χ1) is 7.07. The summed E-state index contributed by atoms with van der Waals surface area (Å²) in [7, 11) is 0. The van der Waals surface area contributed by atoms with Gasteiger partial charge in [-0.3, -0.25) is 9.69 Å². The third kappa shape index (κ3) is 2.69. The zero-order valence-corrected chi connectivity index (χ0v) is 9.66. The van der Waals surface area contributed by atoms with E-state index in [4.69, 9.17) is 5.26 Å². The second-order valence-corrected chi connectivity index (χ2v) is 4.35. The molecule has 1 amide bonds. The Morgan fingerprint density at radius 2 is 2.33 bits per heavy atom. The lowest BCUT2D eigenvalue weighted by Gasteiger charge is -2.35. The topological polar surface area (TPSA) is 56.1 Å². The summed E-state index contributed by atoms with van der Waals surface area (Å²) < 4.78 is 0. The molecule has 0 aliphatic carbocycles. The smallest absolute Gasteiger partial charge is 0.238 e. The fourth-order valence-corrected chi connectivity index (χ4v) is 2.27. The van der Waals surface area contributed by atoms with Crippen molar-refractivity contribution in [3.05, 3.63) is 0 Å². The predicted molar refractivity (Wildman–Crippen MR) is 58.1 cm³/mol. The highest BCUT2D eigenvalue weighted by Gasteiger charge is 2.33. The van der Waals surface area contributed by atoms with E-state index in [9.17, 15) is 4.79 Å². The number of hydrogen-bond acceptors (Lipinski definition) is 3. The van der Waals surface area contributed by atoms with Gasteiger partial charge in [-0.25, -0.2) is 0 Å². The van der Waals surface area contributed by atoms with Gasteiger partial charge in [-0.1, -0.05) is 0 Å². The summed E-state index contributed by atoms with van der Waals surface area (Å²) in [5, 5.41) is 11.6. The maximum Gasteiger partial charge on any atom is 0.238 e. The molecule has 84 valence electrons. The van der Waals surface area contributed by atoms with Crippen LogP contribution >= 0.6 is 0 Å². The van der Waals surface area contributed by atoms with E-state index in [-0.39, 0.29) is 18.4 Å². The van der Waals surface area contributed by atoms with Crippen LogP contribution in [-0.2, 0) is 4.79 Å². The average molecular weight is 209 g/mol. The number of carbonyl (C=O) groups is 1. The molecule has 2 unspecified atom stereocenters. The third-order valence-electron chi connectivity index (χ3n) is 2.91. The first kappa shape index (κ1) is 12.0. The molecule has 4 nitrogen and oxygen atoms in total. The minimum Gasteiger partial charge on any atom is -0.355 e. The van der Waals surface area contributed by atoms with E-state index in [1.165, 1.54) is 0 Å². The minimum absolute atomic E-state index is 0.00500. The quantitative estimate of drug-likeness (QED) is 0.734. The highest BCUT2D eigenvalue weighted by atomic mass is 16.2. The van der Waals surface area contributed by atoms with Crippen molar-refractivity contribution in [2.24, 2.45) is 0 Å². The molecule has 1 heterocycles. The van der Waals surface area contributed by atoms with E-state index in [0.717, 1.165) is 6.42 Å². The maximum atomic E-state index is 11.8. The second-order valence-electron chi connectivity index (χ2n) is 4.35. The fraction of sp³-hybridized carbons (Fsp3) is 0.818. The number of nitrogens with one attached hydrogen (secondary N) is 1. The summed E-state index contributed by atoms with van der Waals surface area (Å²) in [5.74, 6) is -0.00500. The van der Waals surface area contributed by atoms with Gasteiger partial charge in [0.05, 0.1) is 12.5 Å². The van der Waals surface area contributed by atoms with Gasteiger partial charge in [0, 0.05) is 18.6 Å². The standard InChI is InChI=1S/C11H19N3O/c1-8(2)14-9(3)5-7-13-11(15)10(14)4-6-12/h8-10H,4-5,7H2,1-3H3,(H,13,15). The Morgan fingerprint density at radius 1 is 1.67 bits per heavy atom. The van der Waals surface area contributed by atoms with Crippen molar-refractivity contribution in [3.63, 3.8) is 0 Å². The monoisotopic (exact) mass is 209 g/mol. The molecule has 1 aliphatic heterocycles. The van der Waals surface area contributed by atoms with Crippen LogP contribution in [0, 0.1) is 11.3 Å². The number of amides is 1. The largest absolute Gasteiger partial charge is 0.355 e. The van der Waals surface area contributed by atoms with Crippen LogP contribution in [0.4, 0.5) is 0 Å². The lowest BCUT2D eigenvalue weighted by Crippen LogP contribution is -2.50. The van der Waals surface area contributed by atoms with Crippen LogP contribution in [0.1, 0.15) is 33.6 Å². The van der Waals surface area contributed by atoms with Gasteiger partial charge in [-0.15, -0.1) is 0 Å². The van der Waals surface area contributed by atoms with Crippen molar-refractivity contribution in [1.82, 2.24) is 10.2 Å². The fourth-order valence-electron chi connectivity index (χ4n) is 2.27. The summed E-state index contributed by atoms with van der Waals surface area (Å²) >= 11 is 0. The maximum absolute atomic E-state index is 11.8. The first-order valence-electron chi connectivity index (χ1n) is 5.50. The van der Waals surface area contributed by atoms with Crippen LogP contribution in [0.2, 0.25) is 0 Å². The Kier molecular flexibility index (Phi) is 4.10. The molecule has 15 heavy (non-hydrogen) atoms. The average Bonchev–Trinajstić information content (AvgIpc) is 2.28. The molecule has 0 aromatic heterocycles. The molecule has 0 saturated carbocycles. The lowest BCUT2D eigenvalue weighted by atomic mass is 10.1. The van der Waals surface area contributed by atoms with Crippen LogP contribution in [0.15, 0.2) is 0 Å². The SMILES string of the molecule is CC(C)N1C(C)CCNC(=O)C1CC#N. The molecule has 1 N–H and O–H groups in total. The molecule has 1 fully saturated rings. The van der Waals surface area contributed by atoms with Crippen LogP contribution in [0.5, 0.6) is 0 Å². The second kappa shape index (κ2) is 5.13. The molecule has 4 heteroatoms. The summed E-state index contributed by atoms with van der Waals surface area (Å²) in [4.78, 5) is 13.9.